The van der Waals surface area contributed by atoms with Gasteiger partial charge in [-0.05, 0) is 36.4 Å². The first-order valence-corrected chi connectivity index (χ1v) is 12.4. The monoisotopic (exact) mass is 636 g/mol. The van der Waals surface area contributed by atoms with Crippen molar-refractivity contribution in [3.05, 3.63) is 53.1 Å². The van der Waals surface area contributed by atoms with Crippen LogP contribution in [0.15, 0.2) is 36.4 Å². The zero-order valence-electron chi connectivity index (χ0n) is 22.3. The summed E-state index contributed by atoms with van der Waals surface area (Å²) in [6.45, 7) is -1.03. The number of carbonyl (C=O) groups is 3. The molecule has 11 N–H and O–H groups in total. The molecule has 1 aliphatic heterocycles. The van der Waals surface area contributed by atoms with Crippen LogP contribution in [0.5, 0.6) is 51.7 Å². The Hall–Kier alpha value is -5.85. The molecule has 0 spiro atoms. The maximum Gasteiger partial charge on any atom is 0.340 e. The number of aromatic hydroxyl groups is 9. The summed E-state index contributed by atoms with van der Waals surface area (Å²) in [4.78, 5) is 38.6. The van der Waals surface area contributed by atoms with E-state index in [1.165, 1.54) is 0 Å². The lowest BCUT2D eigenvalue weighted by molar-refractivity contribution is -0.283. The van der Waals surface area contributed by atoms with E-state index < -0.39 is 124 Å². The van der Waals surface area contributed by atoms with Crippen molar-refractivity contribution in [3.8, 4) is 51.7 Å². The third-order valence-corrected chi connectivity index (χ3v) is 6.42. The molecule has 4 rings (SSSR count). The van der Waals surface area contributed by atoms with E-state index >= 15 is 0 Å². The molecule has 0 saturated carbocycles. The van der Waals surface area contributed by atoms with Gasteiger partial charge in [0.05, 0.1) is 23.3 Å². The molecule has 240 valence electrons. The molecule has 1 heterocycles. The predicted octanol–water partition coefficient (Wildman–Crippen LogP) is -0.277. The molecule has 3 aromatic rings. The van der Waals surface area contributed by atoms with E-state index in [2.05, 4.69) is 0 Å². The van der Waals surface area contributed by atoms with Crippen molar-refractivity contribution in [2.45, 2.75) is 30.7 Å². The normalized spacial score (nSPS) is 21.1. The number of aliphatic hydroxyl groups excluding tert-OH is 2. The summed E-state index contributed by atoms with van der Waals surface area (Å²) in [5, 5.41) is 108. The average Bonchev–Trinajstić information content (AvgIpc) is 2.99. The number of aliphatic hydroxyl groups is 2. The Morgan fingerprint density at radius 3 is 1.20 bits per heavy atom. The summed E-state index contributed by atoms with van der Waals surface area (Å²) in [6.07, 6.45) is -10.1. The highest BCUT2D eigenvalue weighted by Crippen LogP contribution is 2.39. The summed E-state index contributed by atoms with van der Waals surface area (Å²) < 4.78 is 21.0. The molecule has 5 atom stereocenters. The zero-order chi connectivity index (χ0) is 33.3. The molecule has 0 aromatic heterocycles. The van der Waals surface area contributed by atoms with Gasteiger partial charge in [0.15, 0.2) is 64.0 Å². The Kier molecular flexibility index (Phi) is 8.84. The fourth-order valence-corrected chi connectivity index (χ4v) is 4.13. The Morgan fingerprint density at radius 1 is 0.556 bits per heavy atom. The summed E-state index contributed by atoms with van der Waals surface area (Å²) >= 11 is 0. The lowest BCUT2D eigenvalue weighted by Gasteiger charge is -2.42. The molecule has 0 aliphatic carbocycles. The van der Waals surface area contributed by atoms with Crippen LogP contribution in [0.2, 0.25) is 0 Å². The van der Waals surface area contributed by atoms with Crippen molar-refractivity contribution < 1.29 is 89.5 Å². The zero-order valence-corrected chi connectivity index (χ0v) is 22.3. The number of hydrogen-bond acceptors (Lipinski definition) is 18. The molecule has 1 saturated heterocycles. The topological polar surface area (TPSA) is 311 Å². The van der Waals surface area contributed by atoms with E-state index in [4.69, 9.17) is 18.9 Å². The van der Waals surface area contributed by atoms with Crippen LogP contribution in [0.4, 0.5) is 0 Å². The number of benzene rings is 3. The average molecular weight is 636 g/mol. The minimum atomic E-state index is -2.21. The highest BCUT2D eigenvalue weighted by Gasteiger charge is 2.51. The van der Waals surface area contributed by atoms with Gasteiger partial charge in [0.1, 0.15) is 12.2 Å². The maximum absolute atomic E-state index is 12.9. The maximum atomic E-state index is 12.9. The van der Waals surface area contributed by atoms with E-state index in [0.29, 0.717) is 36.4 Å². The van der Waals surface area contributed by atoms with Crippen LogP contribution in [0.1, 0.15) is 31.1 Å². The van der Waals surface area contributed by atoms with Gasteiger partial charge in [-0.15, -0.1) is 0 Å². The lowest BCUT2D eigenvalue weighted by atomic mass is 9.98. The number of ether oxygens (including phenoxy) is 4. The quantitative estimate of drug-likeness (QED) is 0.0902. The van der Waals surface area contributed by atoms with E-state index in [1.807, 2.05) is 0 Å². The highest BCUT2D eigenvalue weighted by atomic mass is 16.7. The molecular weight excluding hydrogens is 612 g/mol. The molecule has 18 heteroatoms. The molecule has 0 amide bonds. The van der Waals surface area contributed by atoms with Gasteiger partial charge in [0.25, 0.3) is 0 Å². The summed E-state index contributed by atoms with van der Waals surface area (Å²) in [5.74, 6) is -12.7. The van der Waals surface area contributed by atoms with Crippen molar-refractivity contribution >= 4 is 17.9 Å². The van der Waals surface area contributed by atoms with Crippen molar-refractivity contribution in [2.24, 2.45) is 0 Å². The van der Waals surface area contributed by atoms with Gasteiger partial charge in [-0.3, -0.25) is 0 Å². The first kappa shape index (κ1) is 32.1. The van der Waals surface area contributed by atoms with E-state index in [0.717, 1.165) is 0 Å². The van der Waals surface area contributed by atoms with Crippen LogP contribution in [-0.4, -0.2) is 111 Å². The summed E-state index contributed by atoms with van der Waals surface area (Å²) in [7, 11) is 0. The fraction of sp³-hybridized carbons (Fsp3) is 0.222. The van der Waals surface area contributed by atoms with Crippen molar-refractivity contribution in [2.75, 3.05) is 6.61 Å². The molecule has 45 heavy (non-hydrogen) atoms. The van der Waals surface area contributed by atoms with Crippen molar-refractivity contribution in [1.29, 1.82) is 0 Å². The molecule has 0 unspecified atom stereocenters. The van der Waals surface area contributed by atoms with Gasteiger partial charge in [0.2, 0.25) is 6.29 Å². The lowest BCUT2D eigenvalue weighted by Crippen LogP contribution is -2.62. The van der Waals surface area contributed by atoms with Gasteiger partial charge in [-0.25, -0.2) is 14.4 Å². The van der Waals surface area contributed by atoms with Crippen LogP contribution in [-0.2, 0) is 18.9 Å². The number of esters is 3. The molecule has 1 aliphatic rings. The van der Waals surface area contributed by atoms with Gasteiger partial charge < -0.3 is 75.1 Å². The second-order valence-electron chi connectivity index (χ2n) is 9.45. The number of hydrogen-bond donors (Lipinski definition) is 11. The fourth-order valence-electron chi connectivity index (χ4n) is 4.13. The first-order chi connectivity index (χ1) is 21.1. The minimum Gasteiger partial charge on any atom is -0.504 e. The van der Waals surface area contributed by atoms with Crippen LogP contribution >= 0.6 is 0 Å². The number of rotatable bonds is 7. The van der Waals surface area contributed by atoms with E-state index in [-0.39, 0.29) is 0 Å². The third kappa shape index (κ3) is 6.42. The molecule has 3 aromatic carbocycles. The standard InChI is InChI=1S/C27H24O18/c28-7-17-22(43-24(39)8-1-11(29)18(35)12(30)2-8)21(38)23(44-25(40)9-3-13(31)19(36)14(32)4-9)27(42-17)45-26(41)10-5-15(33)20(37)16(34)6-10/h1-6,17,21-23,27-38H,7H2/t17-,21+,22-,23-,27-/m1/s1. The predicted molar refractivity (Wildman–Crippen MR) is 140 cm³/mol. The Balaban J connectivity index is 1.67. The van der Waals surface area contributed by atoms with Gasteiger partial charge >= 0.3 is 17.9 Å². The van der Waals surface area contributed by atoms with Gasteiger partial charge in [0, 0.05) is 0 Å². The largest absolute Gasteiger partial charge is 0.504 e. The number of phenols is 9. The molecular formula is C27H24O18. The Labute approximate surface area is 249 Å². The second-order valence-corrected chi connectivity index (χ2v) is 9.45. The van der Waals surface area contributed by atoms with E-state index in [1.54, 1.807) is 0 Å². The highest BCUT2D eigenvalue weighted by molar-refractivity contribution is 5.93. The third-order valence-electron chi connectivity index (χ3n) is 6.42. The Morgan fingerprint density at radius 2 is 0.867 bits per heavy atom. The van der Waals surface area contributed by atoms with Crippen molar-refractivity contribution in [3.63, 3.8) is 0 Å². The van der Waals surface area contributed by atoms with Crippen LogP contribution < -0.4 is 0 Å². The Bertz CT molecular complexity index is 1580. The SMILES string of the molecule is O=C(O[C@H]1O[C@H](CO)[C@@H](OC(=O)c2cc(O)c(O)c(O)c2)[C@H](O)[C@H]1OC(=O)c1cc(O)c(O)c(O)c1)c1cc(O)c(O)c(O)c1. The smallest absolute Gasteiger partial charge is 0.340 e. The number of phenolic OH excluding ortho intramolecular Hbond substituents is 9. The first-order valence-electron chi connectivity index (χ1n) is 12.4. The minimum absolute atomic E-state index is 0.559. The molecule has 0 radical (unpaired) electrons. The van der Waals surface area contributed by atoms with Crippen LogP contribution in [0.3, 0.4) is 0 Å². The number of carbonyl (C=O) groups excluding carboxylic acids is 3. The summed E-state index contributed by atoms with van der Waals surface area (Å²) in [6, 6.07) is 4.06. The molecule has 18 nitrogen and oxygen atoms in total. The van der Waals surface area contributed by atoms with Gasteiger partial charge in [-0.1, -0.05) is 0 Å². The summed E-state index contributed by atoms with van der Waals surface area (Å²) in [5.41, 5.74) is -1.75. The van der Waals surface area contributed by atoms with Crippen LogP contribution in [0, 0.1) is 0 Å². The van der Waals surface area contributed by atoms with Crippen LogP contribution in [0.25, 0.3) is 0 Å². The molecule has 1 fully saturated rings. The second kappa shape index (κ2) is 12.4. The van der Waals surface area contributed by atoms with Crippen molar-refractivity contribution in [1.82, 2.24) is 0 Å². The molecule has 0 bridgehead atoms. The van der Waals surface area contributed by atoms with Gasteiger partial charge in [-0.2, -0.15) is 0 Å². The van der Waals surface area contributed by atoms with E-state index in [9.17, 15) is 70.6 Å².